The number of rotatable bonds is 3. The molecule has 0 radical (unpaired) electrons. The average molecular weight is 247 g/mol. The number of hydrogen-bond donors (Lipinski definition) is 1. The van der Waals surface area contributed by atoms with Gasteiger partial charge in [0.2, 0.25) is 0 Å². The first kappa shape index (κ1) is 13.6. The fourth-order valence-electron chi connectivity index (χ4n) is 2.87. The first-order valence-electron chi connectivity index (χ1n) is 7.14. The summed E-state index contributed by atoms with van der Waals surface area (Å²) in [6.45, 7) is 7.25. The summed E-state index contributed by atoms with van der Waals surface area (Å²) in [4.78, 5) is 2.41. The zero-order chi connectivity index (χ0) is 13.0. The van der Waals surface area contributed by atoms with Crippen molar-refractivity contribution in [3.05, 3.63) is 34.9 Å². The third-order valence-electron chi connectivity index (χ3n) is 3.76. The molecule has 2 nitrogen and oxygen atoms in total. The fourth-order valence-corrected chi connectivity index (χ4v) is 2.87. The third-order valence-corrected chi connectivity index (χ3v) is 3.76. The zero-order valence-electron chi connectivity index (χ0n) is 11.7. The molecule has 0 spiro atoms. The quantitative estimate of drug-likeness (QED) is 0.886. The van der Waals surface area contributed by atoms with Crippen LogP contribution in [0, 0.1) is 13.8 Å². The van der Waals surface area contributed by atoms with Crippen LogP contribution >= 0.6 is 0 Å². The van der Waals surface area contributed by atoms with Crippen LogP contribution in [0.5, 0.6) is 0 Å². The second kappa shape index (κ2) is 6.35. The summed E-state index contributed by atoms with van der Waals surface area (Å²) in [5, 5.41) is 10.4. The lowest BCUT2D eigenvalue weighted by Crippen LogP contribution is -2.29. The highest BCUT2D eigenvalue weighted by atomic mass is 16.3. The minimum Gasteiger partial charge on any atom is -0.387 e. The Bertz CT molecular complexity index is 360. The smallest absolute Gasteiger partial charge is 0.0917 e. The SMILES string of the molecule is Cc1cc(C)cc(C(O)CN2CCCCCC2)c1. The summed E-state index contributed by atoms with van der Waals surface area (Å²) >= 11 is 0. The van der Waals surface area contributed by atoms with Gasteiger partial charge in [0.1, 0.15) is 0 Å². The van der Waals surface area contributed by atoms with Gasteiger partial charge in [0.25, 0.3) is 0 Å². The molecule has 0 amide bonds. The number of aryl methyl sites for hydroxylation is 2. The minimum atomic E-state index is -0.346. The van der Waals surface area contributed by atoms with Gasteiger partial charge >= 0.3 is 0 Å². The van der Waals surface area contributed by atoms with E-state index in [2.05, 4.69) is 36.9 Å². The molecule has 18 heavy (non-hydrogen) atoms. The fraction of sp³-hybridized carbons (Fsp3) is 0.625. The number of benzene rings is 1. The van der Waals surface area contributed by atoms with Crippen LogP contribution in [0.4, 0.5) is 0 Å². The third kappa shape index (κ3) is 3.82. The summed E-state index contributed by atoms with van der Waals surface area (Å²) in [5.74, 6) is 0. The number of β-amino-alcohol motifs (C(OH)–C–C–N with tert-alkyl or cyclic N) is 1. The predicted octanol–water partition coefficient (Wildman–Crippen LogP) is 3.21. The van der Waals surface area contributed by atoms with Crippen molar-refractivity contribution < 1.29 is 5.11 Å². The molecule has 1 saturated heterocycles. The van der Waals surface area contributed by atoms with Crippen LogP contribution in [0.1, 0.15) is 48.5 Å². The Kier molecular flexibility index (Phi) is 4.79. The largest absolute Gasteiger partial charge is 0.387 e. The summed E-state index contributed by atoms with van der Waals surface area (Å²) in [7, 11) is 0. The Morgan fingerprint density at radius 3 is 2.11 bits per heavy atom. The van der Waals surface area contributed by atoms with E-state index in [0.717, 1.165) is 25.2 Å². The van der Waals surface area contributed by atoms with E-state index in [1.165, 1.54) is 36.8 Å². The summed E-state index contributed by atoms with van der Waals surface area (Å²) in [6, 6.07) is 6.37. The van der Waals surface area contributed by atoms with Crippen molar-refractivity contribution in [2.45, 2.75) is 45.6 Å². The molecule has 1 unspecified atom stereocenters. The Morgan fingerprint density at radius 2 is 1.56 bits per heavy atom. The number of hydrogen-bond acceptors (Lipinski definition) is 2. The lowest BCUT2D eigenvalue weighted by molar-refractivity contribution is 0.115. The summed E-state index contributed by atoms with van der Waals surface area (Å²) in [5.41, 5.74) is 3.54. The number of aliphatic hydroxyl groups is 1. The highest BCUT2D eigenvalue weighted by Gasteiger charge is 2.15. The summed E-state index contributed by atoms with van der Waals surface area (Å²) < 4.78 is 0. The van der Waals surface area contributed by atoms with E-state index in [1.807, 2.05) is 0 Å². The molecule has 1 atom stereocenters. The van der Waals surface area contributed by atoms with Gasteiger partial charge in [-0.1, -0.05) is 42.2 Å². The van der Waals surface area contributed by atoms with Crippen molar-refractivity contribution in [2.75, 3.05) is 19.6 Å². The highest BCUT2D eigenvalue weighted by molar-refractivity contribution is 5.30. The number of likely N-dealkylation sites (tertiary alicyclic amines) is 1. The number of nitrogens with zero attached hydrogens (tertiary/aromatic N) is 1. The minimum absolute atomic E-state index is 0.346. The monoisotopic (exact) mass is 247 g/mol. The van der Waals surface area contributed by atoms with Crippen LogP contribution in [0.25, 0.3) is 0 Å². The number of aliphatic hydroxyl groups excluding tert-OH is 1. The molecule has 0 aliphatic carbocycles. The molecule has 2 rings (SSSR count). The molecule has 100 valence electrons. The van der Waals surface area contributed by atoms with Gasteiger partial charge in [-0.2, -0.15) is 0 Å². The first-order chi connectivity index (χ1) is 8.65. The molecular weight excluding hydrogens is 222 g/mol. The van der Waals surface area contributed by atoms with Gasteiger partial charge in [-0.05, 0) is 45.3 Å². The second-order valence-electron chi connectivity index (χ2n) is 5.65. The summed E-state index contributed by atoms with van der Waals surface area (Å²) in [6.07, 6.45) is 4.90. The molecule has 1 fully saturated rings. The molecule has 2 heteroatoms. The van der Waals surface area contributed by atoms with E-state index in [4.69, 9.17) is 0 Å². The molecular formula is C16H25NO. The van der Waals surface area contributed by atoms with E-state index >= 15 is 0 Å². The van der Waals surface area contributed by atoms with E-state index in [9.17, 15) is 5.11 Å². The molecule has 1 aliphatic heterocycles. The molecule has 0 saturated carbocycles. The Balaban J connectivity index is 1.99. The van der Waals surface area contributed by atoms with Crippen molar-refractivity contribution in [2.24, 2.45) is 0 Å². The van der Waals surface area contributed by atoms with Gasteiger partial charge in [0.05, 0.1) is 6.10 Å². The lowest BCUT2D eigenvalue weighted by atomic mass is 10.0. The second-order valence-corrected chi connectivity index (χ2v) is 5.65. The molecule has 0 bridgehead atoms. The van der Waals surface area contributed by atoms with E-state index in [0.29, 0.717) is 0 Å². The highest BCUT2D eigenvalue weighted by Crippen LogP contribution is 2.19. The van der Waals surface area contributed by atoms with Gasteiger partial charge in [-0.25, -0.2) is 0 Å². The van der Waals surface area contributed by atoms with Crippen molar-refractivity contribution >= 4 is 0 Å². The maximum Gasteiger partial charge on any atom is 0.0917 e. The van der Waals surface area contributed by atoms with Gasteiger partial charge in [0, 0.05) is 6.54 Å². The molecule has 1 aromatic carbocycles. The van der Waals surface area contributed by atoms with Gasteiger partial charge in [-0.15, -0.1) is 0 Å². The predicted molar refractivity (Wildman–Crippen MR) is 75.8 cm³/mol. The van der Waals surface area contributed by atoms with Crippen molar-refractivity contribution in [3.63, 3.8) is 0 Å². The maximum atomic E-state index is 10.4. The van der Waals surface area contributed by atoms with Crippen molar-refractivity contribution in [1.82, 2.24) is 4.90 Å². The van der Waals surface area contributed by atoms with Gasteiger partial charge in [-0.3, -0.25) is 0 Å². The standard InChI is InChI=1S/C16H25NO/c1-13-9-14(2)11-15(10-13)16(18)12-17-7-5-3-4-6-8-17/h9-11,16,18H,3-8,12H2,1-2H3. The molecule has 1 N–H and O–H groups in total. The van der Waals surface area contributed by atoms with Gasteiger partial charge < -0.3 is 10.0 Å². The van der Waals surface area contributed by atoms with Gasteiger partial charge in [0.15, 0.2) is 0 Å². The topological polar surface area (TPSA) is 23.5 Å². The van der Waals surface area contributed by atoms with E-state index < -0.39 is 0 Å². The Morgan fingerprint density at radius 1 is 1.00 bits per heavy atom. The van der Waals surface area contributed by atoms with Crippen molar-refractivity contribution in [3.8, 4) is 0 Å². The lowest BCUT2D eigenvalue weighted by Gasteiger charge is -2.23. The van der Waals surface area contributed by atoms with Crippen LogP contribution in [-0.2, 0) is 0 Å². The van der Waals surface area contributed by atoms with Crippen LogP contribution in [0.2, 0.25) is 0 Å². The van der Waals surface area contributed by atoms with Crippen LogP contribution in [0.3, 0.4) is 0 Å². The molecule has 0 aromatic heterocycles. The first-order valence-corrected chi connectivity index (χ1v) is 7.14. The van der Waals surface area contributed by atoms with Crippen LogP contribution in [0.15, 0.2) is 18.2 Å². The van der Waals surface area contributed by atoms with E-state index in [-0.39, 0.29) is 6.10 Å². The molecule has 1 aliphatic rings. The Hall–Kier alpha value is -0.860. The normalized spacial score (nSPS) is 19.5. The average Bonchev–Trinajstić information content (AvgIpc) is 2.56. The maximum absolute atomic E-state index is 10.4. The van der Waals surface area contributed by atoms with Crippen LogP contribution < -0.4 is 0 Å². The molecule has 1 aromatic rings. The van der Waals surface area contributed by atoms with Crippen LogP contribution in [-0.4, -0.2) is 29.6 Å². The zero-order valence-corrected chi connectivity index (χ0v) is 11.7. The molecule has 1 heterocycles. The Labute approximate surface area is 111 Å². The van der Waals surface area contributed by atoms with E-state index in [1.54, 1.807) is 0 Å². The van der Waals surface area contributed by atoms with Crippen molar-refractivity contribution in [1.29, 1.82) is 0 Å².